The summed E-state index contributed by atoms with van der Waals surface area (Å²) in [5, 5.41) is 23.0. The number of amides is 1. The van der Waals surface area contributed by atoms with E-state index in [0.717, 1.165) is 17.5 Å². The highest BCUT2D eigenvalue weighted by molar-refractivity contribution is 7.97. The Balaban J connectivity index is 1.67. The first-order valence-corrected chi connectivity index (χ1v) is 10.1. The fourth-order valence-electron chi connectivity index (χ4n) is 2.50. The van der Waals surface area contributed by atoms with Crippen LogP contribution in [0.15, 0.2) is 59.5 Å². The largest absolute Gasteiger partial charge is 0.480 e. The van der Waals surface area contributed by atoms with E-state index in [1.165, 1.54) is 6.07 Å². The summed E-state index contributed by atoms with van der Waals surface area (Å²) in [6.45, 7) is 0.539. The highest BCUT2D eigenvalue weighted by Gasteiger charge is 2.20. The molecule has 3 N–H and O–H groups in total. The van der Waals surface area contributed by atoms with Crippen LogP contribution in [-0.4, -0.2) is 34.7 Å². The van der Waals surface area contributed by atoms with E-state index in [-0.39, 0.29) is 12.3 Å². The molecule has 0 spiro atoms. The van der Waals surface area contributed by atoms with E-state index in [1.807, 2.05) is 30.3 Å². The fraction of sp³-hybridized carbons (Fsp3) is 0.300. The summed E-state index contributed by atoms with van der Waals surface area (Å²) in [4.78, 5) is 34.0. The number of benzene rings is 2. The Morgan fingerprint density at radius 2 is 1.80 bits per heavy atom. The number of nitro groups is 1. The van der Waals surface area contributed by atoms with Crippen LogP contribution in [0.1, 0.15) is 24.8 Å². The third-order valence-corrected chi connectivity index (χ3v) is 5.04. The molecule has 0 aliphatic rings. The van der Waals surface area contributed by atoms with Gasteiger partial charge in [-0.3, -0.25) is 14.9 Å². The van der Waals surface area contributed by atoms with Crippen LogP contribution in [0.25, 0.3) is 0 Å². The van der Waals surface area contributed by atoms with Gasteiger partial charge in [0.05, 0.1) is 4.92 Å². The summed E-state index contributed by atoms with van der Waals surface area (Å²) >= 11 is 0.923. The molecule has 2 aromatic carbocycles. The minimum absolute atomic E-state index is 0.0858. The predicted octanol–water partition coefficient (Wildman–Crippen LogP) is 3.74. The topological polar surface area (TPSA) is 131 Å². The highest BCUT2D eigenvalue weighted by atomic mass is 32.2. The molecular weight excluding hydrogens is 410 g/mol. The Hall–Kier alpha value is -3.11. The maximum atomic E-state index is 11.7. The van der Waals surface area contributed by atoms with Crippen molar-refractivity contribution in [3.8, 4) is 0 Å². The number of carboxylic acids is 1. The van der Waals surface area contributed by atoms with Crippen molar-refractivity contribution in [2.45, 2.75) is 36.8 Å². The fourth-order valence-corrected chi connectivity index (χ4v) is 3.38. The van der Waals surface area contributed by atoms with Crippen LogP contribution in [0, 0.1) is 10.1 Å². The molecular formula is C20H23N3O6S. The molecule has 0 saturated heterocycles. The van der Waals surface area contributed by atoms with Crippen molar-refractivity contribution in [2.24, 2.45) is 0 Å². The second-order valence-electron chi connectivity index (χ2n) is 6.32. The van der Waals surface area contributed by atoms with Gasteiger partial charge in [-0.25, -0.2) is 9.52 Å². The number of carboxylic acid groups (broad SMARTS) is 1. The molecule has 10 heteroatoms. The maximum absolute atomic E-state index is 11.7. The molecule has 9 nitrogen and oxygen atoms in total. The second kappa shape index (κ2) is 12.5. The molecule has 0 radical (unpaired) electrons. The van der Waals surface area contributed by atoms with Crippen LogP contribution < -0.4 is 10.0 Å². The van der Waals surface area contributed by atoms with Crippen LogP contribution >= 0.6 is 11.9 Å². The van der Waals surface area contributed by atoms with E-state index in [4.69, 9.17) is 4.74 Å². The molecule has 160 valence electrons. The second-order valence-corrected chi connectivity index (χ2v) is 7.20. The van der Waals surface area contributed by atoms with Gasteiger partial charge in [0.15, 0.2) is 0 Å². The number of nitro benzene ring substituents is 1. The van der Waals surface area contributed by atoms with Crippen LogP contribution in [0.2, 0.25) is 0 Å². The lowest BCUT2D eigenvalue weighted by atomic mass is 10.1. The molecule has 30 heavy (non-hydrogen) atoms. The first-order valence-electron chi connectivity index (χ1n) is 9.30. The standard InChI is InChI=1S/C20H23N3O6S/c24-19(25)16(22-30-18-12-5-4-11-17(18)23(27)28)10-6-7-13-21-20(26)29-14-15-8-2-1-3-9-15/h1-5,8-9,11-12,16,22H,6-7,10,13-14H2,(H,21,26)(H,24,25)/t16-/m0/s1. The van der Waals surface area contributed by atoms with E-state index in [0.29, 0.717) is 30.7 Å². The lowest BCUT2D eigenvalue weighted by Crippen LogP contribution is -2.32. The number of nitrogens with one attached hydrogen (secondary N) is 2. The Kier molecular flexibility index (Phi) is 9.62. The smallest absolute Gasteiger partial charge is 0.407 e. The zero-order valence-corrected chi connectivity index (χ0v) is 17.0. The zero-order valence-electron chi connectivity index (χ0n) is 16.2. The number of hydrogen-bond donors (Lipinski definition) is 3. The summed E-state index contributed by atoms with van der Waals surface area (Å²) in [5.74, 6) is -1.05. The molecule has 1 amide bonds. The molecule has 0 aliphatic carbocycles. The first-order chi connectivity index (χ1) is 14.5. The number of nitrogens with zero attached hydrogens (tertiary/aromatic N) is 1. The molecule has 0 aliphatic heterocycles. The Morgan fingerprint density at radius 3 is 2.50 bits per heavy atom. The molecule has 0 saturated carbocycles. The van der Waals surface area contributed by atoms with Crippen molar-refractivity contribution in [3.05, 3.63) is 70.3 Å². The summed E-state index contributed by atoms with van der Waals surface area (Å²) in [5.41, 5.74) is 0.802. The van der Waals surface area contributed by atoms with E-state index in [2.05, 4.69) is 10.0 Å². The van der Waals surface area contributed by atoms with Crippen LogP contribution in [0.3, 0.4) is 0 Å². The summed E-state index contributed by atoms with van der Waals surface area (Å²) in [6.07, 6.45) is 0.894. The van der Waals surface area contributed by atoms with Gasteiger partial charge in [-0.2, -0.15) is 0 Å². The number of alkyl carbamates (subject to hydrolysis) is 1. The van der Waals surface area contributed by atoms with Gasteiger partial charge in [0.1, 0.15) is 17.5 Å². The van der Waals surface area contributed by atoms with Crippen LogP contribution in [-0.2, 0) is 16.1 Å². The summed E-state index contributed by atoms with van der Waals surface area (Å²) < 4.78 is 7.87. The quantitative estimate of drug-likeness (QED) is 0.200. The number of hydrogen-bond acceptors (Lipinski definition) is 7. The van der Waals surface area contributed by atoms with Crippen LogP contribution in [0.4, 0.5) is 10.5 Å². The number of carbonyl (C=O) groups excluding carboxylic acids is 1. The van der Waals surface area contributed by atoms with Gasteiger partial charge in [-0.15, -0.1) is 0 Å². The van der Waals surface area contributed by atoms with Gasteiger partial charge in [0, 0.05) is 12.6 Å². The number of unbranched alkanes of at least 4 members (excludes halogenated alkanes) is 1. The van der Waals surface area contributed by atoms with Gasteiger partial charge in [0.25, 0.3) is 5.69 Å². The molecule has 0 bridgehead atoms. The number of rotatable bonds is 12. The van der Waals surface area contributed by atoms with Crippen LogP contribution in [0.5, 0.6) is 0 Å². The van der Waals surface area contributed by atoms with Gasteiger partial charge < -0.3 is 15.2 Å². The van der Waals surface area contributed by atoms with Gasteiger partial charge in [0.2, 0.25) is 0 Å². The Bertz CT molecular complexity index is 849. The number of carbonyl (C=O) groups is 2. The third-order valence-electron chi connectivity index (χ3n) is 4.07. The van der Waals surface area contributed by atoms with Crippen molar-refractivity contribution >= 4 is 29.7 Å². The molecule has 0 aromatic heterocycles. The van der Waals surface area contributed by atoms with E-state index >= 15 is 0 Å². The number of aliphatic carboxylic acids is 1. The minimum Gasteiger partial charge on any atom is -0.480 e. The normalized spacial score (nSPS) is 11.5. The lowest BCUT2D eigenvalue weighted by Gasteiger charge is -2.14. The molecule has 2 rings (SSSR count). The van der Waals surface area contributed by atoms with E-state index in [9.17, 15) is 24.8 Å². The zero-order chi connectivity index (χ0) is 21.8. The predicted molar refractivity (Wildman–Crippen MR) is 112 cm³/mol. The first kappa shape index (κ1) is 23.2. The van der Waals surface area contributed by atoms with Gasteiger partial charge >= 0.3 is 12.1 Å². The third kappa shape index (κ3) is 8.10. The molecule has 0 heterocycles. The summed E-state index contributed by atoms with van der Waals surface area (Å²) in [7, 11) is 0. The minimum atomic E-state index is -1.05. The highest BCUT2D eigenvalue weighted by Crippen LogP contribution is 2.27. The Morgan fingerprint density at radius 1 is 1.10 bits per heavy atom. The average Bonchev–Trinajstić information content (AvgIpc) is 2.74. The number of ether oxygens (including phenoxy) is 1. The molecule has 1 atom stereocenters. The SMILES string of the molecule is O=C(NCCCC[C@H](NSc1ccccc1[N+](=O)[O-])C(=O)O)OCc1ccccc1. The van der Waals surface area contributed by atoms with Crippen molar-refractivity contribution in [1.29, 1.82) is 0 Å². The molecule has 2 aromatic rings. The summed E-state index contributed by atoms with van der Waals surface area (Å²) in [6, 6.07) is 14.5. The maximum Gasteiger partial charge on any atom is 0.407 e. The average molecular weight is 433 g/mol. The number of para-hydroxylation sites is 1. The van der Waals surface area contributed by atoms with Crippen molar-refractivity contribution in [2.75, 3.05) is 6.54 Å². The molecule has 0 unspecified atom stereocenters. The van der Waals surface area contributed by atoms with Crippen molar-refractivity contribution in [3.63, 3.8) is 0 Å². The lowest BCUT2D eigenvalue weighted by molar-refractivity contribution is -0.387. The van der Waals surface area contributed by atoms with E-state index in [1.54, 1.807) is 18.2 Å². The Labute approximate surface area is 178 Å². The molecule has 0 fully saturated rings. The van der Waals surface area contributed by atoms with Crippen molar-refractivity contribution < 1.29 is 24.4 Å². The van der Waals surface area contributed by atoms with Gasteiger partial charge in [-0.05, 0) is 42.8 Å². The van der Waals surface area contributed by atoms with Crippen molar-refractivity contribution in [1.82, 2.24) is 10.0 Å². The monoisotopic (exact) mass is 433 g/mol. The van der Waals surface area contributed by atoms with Gasteiger partial charge in [-0.1, -0.05) is 42.5 Å². The van der Waals surface area contributed by atoms with E-state index < -0.39 is 23.0 Å².